The Bertz CT molecular complexity index is 372. The summed E-state index contributed by atoms with van der Waals surface area (Å²) in [7, 11) is 0. The van der Waals surface area contributed by atoms with E-state index in [1.165, 1.54) is 12.0 Å². The second-order valence-electron chi connectivity index (χ2n) is 4.39. The molecule has 4 heteroatoms. The van der Waals surface area contributed by atoms with Crippen LogP contribution in [0.4, 0.5) is 0 Å². The first-order valence-corrected chi connectivity index (χ1v) is 6.69. The Labute approximate surface area is 101 Å². The van der Waals surface area contributed by atoms with E-state index < -0.39 is 0 Å². The number of nitrogens with two attached hydrogens (primary N) is 1. The first-order valence-electron chi connectivity index (χ1n) is 5.81. The van der Waals surface area contributed by atoms with Gasteiger partial charge in [0.2, 0.25) is 0 Å². The Morgan fingerprint density at radius 3 is 3.25 bits per heavy atom. The van der Waals surface area contributed by atoms with Crippen molar-refractivity contribution in [1.29, 1.82) is 5.41 Å². The number of hydrogen-bond donors (Lipinski definition) is 2. The van der Waals surface area contributed by atoms with Crippen molar-refractivity contribution in [2.75, 3.05) is 13.1 Å². The van der Waals surface area contributed by atoms with Crippen molar-refractivity contribution >= 4 is 17.2 Å². The molecule has 0 saturated heterocycles. The molecule has 2 heterocycles. The summed E-state index contributed by atoms with van der Waals surface area (Å²) in [6, 6.07) is 2.78. The summed E-state index contributed by atoms with van der Waals surface area (Å²) in [5.41, 5.74) is 6.87. The maximum Gasteiger partial charge on any atom is 0.0905 e. The van der Waals surface area contributed by atoms with Crippen LogP contribution in [0.3, 0.4) is 0 Å². The van der Waals surface area contributed by atoms with Gasteiger partial charge in [0.05, 0.1) is 5.84 Å². The highest BCUT2D eigenvalue weighted by molar-refractivity contribution is 7.10. The molecule has 3 N–H and O–H groups in total. The fourth-order valence-electron chi connectivity index (χ4n) is 2.34. The molecule has 0 spiro atoms. The number of hydrogen-bond acceptors (Lipinski definition) is 3. The monoisotopic (exact) mass is 237 g/mol. The molecule has 0 bridgehead atoms. The van der Waals surface area contributed by atoms with E-state index >= 15 is 0 Å². The minimum absolute atomic E-state index is 0.306. The van der Waals surface area contributed by atoms with Crippen LogP contribution in [0.5, 0.6) is 0 Å². The van der Waals surface area contributed by atoms with Gasteiger partial charge in [-0.2, -0.15) is 0 Å². The SMILES string of the molecule is CC1c2ccsc2CCN1CCCC(=N)N. The van der Waals surface area contributed by atoms with Crippen LogP contribution >= 0.6 is 11.3 Å². The highest BCUT2D eigenvalue weighted by Crippen LogP contribution is 2.32. The minimum Gasteiger partial charge on any atom is -0.388 e. The van der Waals surface area contributed by atoms with E-state index in [9.17, 15) is 0 Å². The second-order valence-corrected chi connectivity index (χ2v) is 5.39. The van der Waals surface area contributed by atoms with E-state index in [0.717, 1.165) is 25.9 Å². The summed E-state index contributed by atoms with van der Waals surface area (Å²) < 4.78 is 0. The lowest BCUT2D eigenvalue weighted by Crippen LogP contribution is -2.34. The van der Waals surface area contributed by atoms with E-state index in [2.05, 4.69) is 23.3 Å². The maximum atomic E-state index is 7.22. The third kappa shape index (κ3) is 2.44. The molecule has 3 nitrogen and oxygen atoms in total. The first-order chi connectivity index (χ1) is 7.68. The van der Waals surface area contributed by atoms with Crippen LogP contribution in [-0.2, 0) is 6.42 Å². The smallest absolute Gasteiger partial charge is 0.0905 e. The molecule has 1 unspecified atom stereocenters. The van der Waals surface area contributed by atoms with Crippen LogP contribution in [0.25, 0.3) is 0 Å². The molecule has 1 aliphatic rings. The zero-order valence-corrected chi connectivity index (χ0v) is 10.5. The number of nitrogens with one attached hydrogen (secondary N) is 1. The molecule has 1 aromatic rings. The van der Waals surface area contributed by atoms with Crippen LogP contribution in [0.15, 0.2) is 11.4 Å². The van der Waals surface area contributed by atoms with Gasteiger partial charge in [-0.15, -0.1) is 11.3 Å². The highest BCUT2D eigenvalue weighted by Gasteiger charge is 2.23. The summed E-state index contributed by atoms with van der Waals surface area (Å²) in [5.74, 6) is 0.306. The standard InChI is InChI=1S/C12H19N3S/c1-9-10-5-8-16-11(10)4-7-15(9)6-2-3-12(13)14/h5,8-9H,2-4,6-7H2,1H3,(H3,13,14). The van der Waals surface area contributed by atoms with Crippen molar-refractivity contribution in [3.05, 3.63) is 21.9 Å². The van der Waals surface area contributed by atoms with Gasteiger partial charge in [-0.3, -0.25) is 10.3 Å². The van der Waals surface area contributed by atoms with Crippen LogP contribution < -0.4 is 5.73 Å². The first kappa shape index (κ1) is 11.6. The predicted octanol–water partition coefficient (Wildman–Crippen LogP) is 2.38. The van der Waals surface area contributed by atoms with Gasteiger partial charge in [-0.25, -0.2) is 0 Å². The number of nitrogens with zero attached hydrogens (tertiary/aromatic N) is 1. The average Bonchev–Trinajstić information content (AvgIpc) is 2.69. The molecule has 0 fully saturated rings. The zero-order valence-electron chi connectivity index (χ0n) is 9.70. The summed E-state index contributed by atoms with van der Waals surface area (Å²) in [4.78, 5) is 4.05. The normalized spacial score (nSPS) is 20.7. The molecule has 1 aliphatic heterocycles. The van der Waals surface area contributed by atoms with Crippen LogP contribution in [0, 0.1) is 5.41 Å². The van der Waals surface area contributed by atoms with Gasteiger partial charge in [0, 0.05) is 23.9 Å². The van der Waals surface area contributed by atoms with Crippen molar-refractivity contribution in [1.82, 2.24) is 4.90 Å². The Morgan fingerprint density at radius 1 is 1.69 bits per heavy atom. The van der Waals surface area contributed by atoms with Gasteiger partial charge in [-0.05, 0) is 43.3 Å². The topological polar surface area (TPSA) is 53.1 Å². The van der Waals surface area contributed by atoms with E-state index in [0.29, 0.717) is 11.9 Å². The van der Waals surface area contributed by atoms with Gasteiger partial charge < -0.3 is 5.73 Å². The lowest BCUT2D eigenvalue weighted by molar-refractivity contribution is 0.199. The fourth-order valence-corrected chi connectivity index (χ4v) is 3.30. The van der Waals surface area contributed by atoms with Gasteiger partial charge in [0.25, 0.3) is 0 Å². The molecular weight excluding hydrogens is 218 g/mol. The highest BCUT2D eigenvalue weighted by atomic mass is 32.1. The third-order valence-electron chi connectivity index (χ3n) is 3.30. The summed E-state index contributed by atoms with van der Waals surface area (Å²) in [5, 5.41) is 9.41. The second kappa shape index (κ2) is 4.97. The number of fused-ring (bicyclic) bond motifs is 1. The molecule has 0 aliphatic carbocycles. The molecule has 1 atom stereocenters. The molecule has 0 saturated carbocycles. The van der Waals surface area contributed by atoms with Crippen molar-refractivity contribution < 1.29 is 0 Å². The Hall–Kier alpha value is -0.870. The predicted molar refractivity (Wildman–Crippen MR) is 69.2 cm³/mol. The van der Waals surface area contributed by atoms with E-state index in [1.54, 1.807) is 4.88 Å². The fraction of sp³-hybridized carbons (Fsp3) is 0.583. The molecular formula is C12H19N3S. The van der Waals surface area contributed by atoms with Gasteiger partial charge in [-0.1, -0.05) is 0 Å². The Morgan fingerprint density at radius 2 is 2.50 bits per heavy atom. The van der Waals surface area contributed by atoms with Crippen molar-refractivity contribution in [2.24, 2.45) is 5.73 Å². The molecule has 0 aromatic carbocycles. The zero-order chi connectivity index (χ0) is 11.5. The Balaban J connectivity index is 1.91. The van der Waals surface area contributed by atoms with Crippen molar-refractivity contribution in [3.63, 3.8) is 0 Å². The van der Waals surface area contributed by atoms with Gasteiger partial charge in [0.1, 0.15) is 0 Å². The Kier molecular flexibility index (Phi) is 3.61. The quantitative estimate of drug-likeness (QED) is 0.624. The maximum absolute atomic E-state index is 7.22. The van der Waals surface area contributed by atoms with E-state index in [1.807, 2.05) is 11.3 Å². The molecule has 1 aromatic heterocycles. The lowest BCUT2D eigenvalue weighted by atomic mass is 10.0. The van der Waals surface area contributed by atoms with Crippen molar-refractivity contribution in [3.8, 4) is 0 Å². The number of rotatable bonds is 4. The molecule has 2 rings (SSSR count). The summed E-state index contributed by atoms with van der Waals surface area (Å²) in [6.07, 6.45) is 2.90. The average molecular weight is 237 g/mol. The van der Waals surface area contributed by atoms with Crippen LogP contribution in [0.1, 0.15) is 36.2 Å². The molecule has 16 heavy (non-hydrogen) atoms. The van der Waals surface area contributed by atoms with E-state index in [-0.39, 0.29) is 0 Å². The third-order valence-corrected chi connectivity index (χ3v) is 4.29. The number of amidine groups is 1. The van der Waals surface area contributed by atoms with Crippen molar-refractivity contribution in [2.45, 2.75) is 32.2 Å². The molecule has 88 valence electrons. The molecule has 0 amide bonds. The summed E-state index contributed by atoms with van der Waals surface area (Å²) >= 11 is 1.88. The van der Waals surface area contributed by atoms with Gasteiger partial charge in [0.15, 0.2) is 0 Å². The van der Waals surface area contributed by atoms with Crippen LogP contribution in [0.2, 0.25) is 0 Å². The largest absolute Gasteiger partial charge is 0.388 e. The lowest BCUT2D eigenvalue weighted by Gasteiger charge is -2.33. The van der Waals surface area contributed by atoms with Crippen LogP contribution in [-0.4, -0.2) is 23.8 Å². The summed E-state index contributed by atoms with van der Waals surface area (Å²) in [6.45, 7) is 4.47. The molecule has 0 radical (unpaired) electrons. The van der Waals surface area contributed by atoms with Gasteiger partial charge >= 0.3 is 0 Å². The minimum atomic E-state index is 0.306. The number of thiophene rings is 1. The van der Waals surface area contributed by atoms with E-state index in [4.69, 9.17) is 11.1 Å².